The summed E-state index contributed by atoms with van der Waals surface area (Å²) in [5.41, 5.74) is 1.71. The van der Waals surface area contributed by atoms with Gasteiger partial charge in [-0.15, -0.1) is 22.8 Å². The van der Waals surface area contributed by atoms with Crippen molar-refractivity contribution in [1.82, 2.24) is 25.4 Å². The quantitative estimate of drug-likeness (QED) is 0.182. The maximum Gasteiger partial charge on any atom is 0.225 e. The Bertz CT molecular complexity index is 1170. The normalized spacial score (nSPS) is 11.1. The fraction of sp³-hybridized carbons (Fsp3) is 0.360. The van der Waals surface area contributed by atoms with Crippen LogP contribution in [0.5, 0.6) is 0 Å². The molecule has 0 bridgehead atoms. The van der Waals surface area contributed by atoms with E-state index in [1.807, 2.05) is 0 Å². The lowest BCUT2D eigenvalue weighted by Crippen LogP contribution is -2.30. The molecular weight excluding hydrogens is 501 g/mol. The summed E-state index contributed by atoms with van der Waals surface area (Å²) in [5, 5.41) is 18.1. The molecule has 0 aliphatic carbocycles. The van der Waals surface area contributed by atoms with E-state index in [2.05, 4.69) is 62.6 Å². The van der Waals surface area contributed by atoms with Crippen LogP contribution in [0.25, 0.3) is 11.3 Å². The van der Waals surface area contributed by atoms with Crippen LogP contribution in [0, 0.1) is 5.82 Å². The molecule has 2 aromatic heterocycles. The van der Waals surface area contributed by atoms with Crippen LogP contribution in [-0.2, 0) is 4.79 Å². The van der Waals surface area contributed by atoms with Crippen molar-refractivity contribution in [1.29, 1.82) is 0 Å². The molecule has 0 aliphatic rings. The van der Waals surface area contributed by atoms with Gasteiger partial charge < -0.3 is 20.9 Å². The van der Waals surface area contributed by atoms with Crippen molar-refractivity contribution in [2.45, 2.75) is 31.2 Å². The molecule has 36 heavy (non-hydrogen) atoms. The number of rotatable bonds is 13. The topological polar surface area (TPSA) is 95.1 Å². The van der Waals surface area contributed by atoms with Crippen LogP contribution < -0.4 is 16.0 Å². The standard InChI is InChI=1S/C25H31ClFN7OS/c1-3-12-34(2)13-11-28-9-4-5-24(35)31-23-15-18(8-10-29-23)30-22-16-21(32-33-25(22)36)19-14-17(26)6-7-20(19)27/h6-8,10,14-16,28H,3-5,9,11-13H2,1-2H3,(H,33,36)(H2,29,30,31,32,35). The minimum atomic E-state index is -0.459. The predicted octanol–water partition coefficient (Wildman–Crippen LogP) is 5.01. The van der Waals surface area contributed by atoms with Crippen molar-refractivity contribution in [3.05, 3.63) is 53.4 Å². The van der Waals surface area contributed by atoms with Crippen LogP contribution in [0.15, 0.2) is 47.6 Å². The zero-order valence-electron chi connectivity index (χ0n) is 20.4. The van der Waals surface area contributed by atoms with E-state index < -0.39 is 5.82 Å². The van der Waals surface area contributed by atoms with Crippen LogP contribution >= 0.6 is 24.2 Å². The third-order valence-electron chi connectivity index (χ3n) is 5.32. The third-order valence-corrected chi connectivity index (χ3v) is 5.88. The van der Waals surface area contributed by atoms with Gasteiger partial charge in [-0.25, -0.2) is 9.37 Å². The lowest BCUT2D eigenvalue weighted by atomic mass is 10.1. The lowest BCUT2D eigenvalue weighted by molar-refractivity contribution is -0.116. The molecule has 1 amide bonds. The molecule has 192 valence electrons. The Hall–Kier alpha value is -2.79. The number of likely N-dealkylation sites (N-methyl/N-ethyl adjacent to an activating group) is 1. The highest BCUT2D eigenvalue weighted by Crippen LogP contribution is 2.30. The zero-order chi connectivity index (χ0) is 25.9. The highest BCUT2D eigenvalue weighted by molar-refractivity contribution is 7.80. The summed E-state index contributed by atoms with van der Waals surface area (Å²) in [4.78, 5) is 18.8. The molecule has 1 aromatic carbocycles. The van der Waals surface area contributed by atoms with E-state index in [4.69, 9.17) is 11.6 Å². The number of hydrogen-bond donors (Lipinski definition) is 4. The number of carbonyl (C=O) groups is 1. The minimum absolute atomic E-state index is 0.108. The Morgan fingerprint density at radius 3 is 2.78 bits per heavy atom. The number of halogens is 2. The Morgan fingerprint density at radius 2 is 1.97 bits per heavy atom. The van der Waals surface area contributed by atoms with Crippen molar-refractivity contribution in [3.63, 3.8) is 0 Å². The number of pyridine rings is 1. The first-order valence-electron chi connectivity index (χ1n) is 11.8. The second kappa shape index (κ2) is 14.1. The van der Waals surface area contributed by atoms with Crippen LogP contribution in [-0.4, -0.2) is 59.2 Å². The van der Waals surface area contributed by atoms with E-state index in [-0.39, 0.29) is 11.5 Å². The molecule has 3 rings (SSSR count). The highest BCUT2D eigenvalue weighted by atomic mass is 35.5. The molecule has 3 aromatic rings. The van der Waals surface area contributed by atoms with Crippen LogP contribution in [0.4, 0.5) is 21.6 Å². The Kier molecular flexibility index (Phi) is 10.9. The van der Waals surface area contributed by atoms with Crippen molar-refractivity contribution in [2.24, 2.45) is 0 Å². The third kappa shape index (κ3) is 8.70. The Balaban J connectivity index is 1.54. The fourth-order valence-corrected chi connectivity index (χ4v) is 3.84. The summed E-state index contributed by atoms with van der Waals surface area (Å²) in [6.45, 7) is 5.91. The number of aromatic nitrogens is 3. The van der Waals surface area contributed by atoms with E-state index >= 15 is 0 Å². The van der Waals surface area contributed by atoms with Crippen molar-refractivity contribution >= 4 is 47.3 Å². The number of hydrogen-bond acceptors (Lipinski definition) is 8. The molecule has 0 atom stereocenters. The SMILES string of the molecule is CCCN(C)CCNCCCC(=O)Nc1cc(Nc2cc(-c3cc(Cl)ccc3F)nnc2S)ccn1. The fourth-order valence-electron chi connectivity index (χ4n) is 3.50. The minimum Gasteiger partial charge on any atom is -0.353 e. The molecule has 0 radical (unpaired) electrons. The maximum atomic E-state index is 14.3. The molecule has 0 unspecified atom stereocenters. The van der Waals surface area contributed by atoms with Gasteiger partial charge in [0.2, 0.25) is 5.91 Å². The van der Waals surface area contributed by atoms with E-state index in [0.717, 1.165) is 39.0 Å². The van der Waals surface area contributed by atoms with E-state index in [0.29, 0.717) is 39.4 Å². The molecule has 3 N–H and O–H groups in total. The predicted molar refractivity (Wildman–Crippen MR) is 146 cm³/mol. The molecule has 2 heterocycles. The smallest absolute Gasteiger partial charge is 0.225 e. The van der Waals surface area contributed by atoms with Gasteiger partial charge in [0.15, 0.2) is 0 Å². The summed E-state index contributed by atoms with van der Waals surface area (Å²) in [7, 11) is 2.11. The Labute approximate surface area is 221 Å². The molecule has 0 fully saturated rings. The highest BCUT2D eigenvalue weighted by Gasteiger charge is 2.12. The lowest BCUT2D eigenvalue weighted by Gasteiger charge is -2.15. The van der Waals surface area contributed by atoms with Crippen LogP contribution in [0.2, 0.25) is 5.02 Å². The molecule has 8 nitrogen and oxygen atoms in total. The first-order chi connectivity index (χ1) is 17.4. The largest absolute Gasteiger partial charge is 0.353 e. The summed E-state index contributed by atoms with van der Waals surface area (Å²) in [6, 6.07) is 9.31. The molecular formula is C25H31ClFN7OS. The van der Waals surface area contributed by atoms with E-state index in [1.54, 1.807) is 24.4 Å². The number of nitrogens with one attached hydrogen (secondary N) is 3. The number of amides is 1. The maximum absolute atomic E-state index is 14.3. The summed E-state index contributed by atoms with van der Waals surface area (Å²) in [6.07, 6.45) is 3.84. The van der Waals surface area contributed by atoms with Crippen LogP contribution in [0.3, 0.4) is 0 Å². The second-order valence-corrected chi connectivity index (χ2v) is 9.21. The molecule has 0 aliphatic heterocycles. The van der Waals surface area contributed by atoms with Gasteiger partial charge in [0.05, 0.1) is 11.4 Å². The number of anilines is 3. The molecule has 0 saturated heterocycles. The average molecular weight is 532 g/mol. The first kappa shape index (κ1) is 27.8. The number of benzene rings is 1. The molecule has 0 spiro atoms. The average Bonchev–Trinajstić information content (AvgIpc) is 2.84. The first-order valence-corrected chi connectivity index (χ1v) is 12.6. The van der Waals surface area contributed by atoms with Gasteiger partial charge >= 0.3 is 0 Å². The summed E-state index contributed by atoms with van der Waals surface area (Å²) in [5.74, 6) is -0.147. The van der Waals surface area contributed by atoms with E-state index in [9.17, 15) is 9.18 Å². The molecule has 11 heteroatoms. The number of nitrogens with zero attached hydrogens (tertiary/aromatic N) is 4. The van der Waals surface area contributed by atoms with Gasteiger partial charge in [-0.2, -0.15) is 0 Å². The van der Waals surface area contributed by atoms with Gasteiger partial charge in [-0.05, 0) is 63.3 Å². The van der Waals surface area contributed by atoms with Gasteiger partial charge in [0.1, 0.15) is 16.7 Å². The van der Waals surface area contributed by atoms with Gasteiger partial charge in [0.25, 0.3) is 0 Å². The van der Waals surface area contributed by atoms with Crippen molar-refractivity contribution < 1.29 is 9.18 Å². The monoisotopic (exact) mass is 531 g/mol. The summed E-state index contributed by atoms with van der Waals surface area (Å²) >= 11 is 10.4. The van der Waals surface area contributed by atoms with Crippen LogP contribution in [0.1, 0.15) is 26.2 Å². The number of thiol groups is 1. The number of carbonyl (C=O) groups excluding carboxylic acids is 1. The Morgan fingerprint density at radius 1 is 1.14 bits per heavy atom. The second-order valence-electron chi connectivity index (χ2n) is 8.35. The summed E-state index contributed by atoms with van der Waals surface area (Å²) < 4.78 is 14.3. The zero-order valence-corrected chi connectivity index (χ0v) is 22.0. The van der Waals surface area contributed by atoms with Gasteiger partial charge in [-0.3, -0.25) is 4.79 Å². The van der Waals surface area contributed by atoms with Gasteiger partial charge in [0, 0.05) is 48.0 Å². The van der Waals surface area contributed by atoms with Gasteiger partial charge in [-0.1, -0.05) is 18.5 Å². The van der Waals surface area contributed by atoms with Crippen molar-refractivity contribution in [2.75, 3.05) is 43.9 Å². The van der Waals surface area contributed by atoms with E-state index in [1.165, 1.54) is 18.2 Å². The van der Waals surface area contributed by atoms with Crippen molar-refractivity contribution in [3.8, 4) is 11.3 Å². The molecule has 0 saturated carbocycles.